The van der Waals surface area contributed by atoms with Gasteiger partial charge in [0.2, 0.25) is 0 Å². The number of hydrogen-bond donors (Lipinski definition) is 1. The SMILES string of the molecule is COC(=O)C(N)Cc1c(C)cc(OC(=O)OC(C)(C)CCc2ccc(C#N)cc2)cc1C. The van der Waals surface area contributed by atoms with Crippen LogP contribution in [0.25, 0.3) is 0 Å². The quantitative estimate of drug-likeness (QED) is 0.487. The monoisotopic (exact) mass is 438 g/mol. The lowest BCUT2D eigenvalue weighted by Crippen LogP contribution is -2.34. The Morgan fingerprint density at radius 3 is 2.25 bits per heavy atom. The number of nitrogens with zero attached hydrogens (tertiary/aromatic N) is 1. The van der Waals surface area contributed by atoms with E-state index < -0.39 is 23.8 Å². The van der Waals surface area contributed by atoms with Gasteiger partial charge in [-0.2, -0.15) is 5.26 Å². The maximum Gasteiger partial charge on any atom is 0.514 e. The van der Waals surface area contributed by atoms with Gasteiger partial charge in [0.15, 0.2) is 0 Å². The van der Waals surface area contributed by atoms with Crippen LogP contribution in [0, 0.1) is 25.2 Å². The van der Waals surface area contributed by atoms with Gasteiger partial charge in [-0.3, -0.25) is 4.79 Å². The first-order valence-electron chi connectivity index (χ1n) is 10.4. The highest BCUT2D eigenvalue weighted by Gasteiger charge is 2.25. The molecular formula is C25H30N2O5. The number of nitrogens with two attached hydrogens (primary N) is 1. The molecule has 0 aromatic heterocycles. The van der Waals surface area contributed by atoms with E-state index in [0.29, 0.717) is 30.6 Å². The van der Waals surface area contributed by atoms with Gasteiger partial charge < -0.3 is 19.9 Å². The maximum atomic E-state index is 12.4. The molecule has 170 valence electrons. The lowest BCUT2D eigenvalue weighted by molar-refractivity contribution is -0.142. The molecule has 0 aliphatic rings. The summed E-state index contributed by atoms with van der Waals surface area (Å²) in [5.74, 6) is -0.112. The van der Waals surface area contributed by atoms with Crippen molar-refractivity contribution in [2.45, 2.75) is 58.6 Å². The van der Waals surface area contributed by atoms with Gasteiger partial charge in [0.05, 0.1) is 18.7 Å². The Morgan fingerprint density at radius 1 is 1.12 bits per heavy atom. The topological polar surface area (TPSA) is 112 Å². The molecule has 2 rings (SSSR count). The zero-order valence-electron chi connectivity index (χ0n) is 19.2. The Morgan fingerprint density at radius 2 is 1.72 bits per heavy atom. The molecule has 0 saturated carbocycles. The fraction of sp³-hybridized carbons (Fsp3) is 0.400. The second kappa shape index (κ2) is 10.8. The zero-order valence-corrected chi connectivity index (χ0v) is 19.2. The molecule has 0 radical (unpaired) electrons. The zero-order chi connectivity index (χ0) is 23.9. The average Bonchev–Trinajstić information content (AvgIpc) is 2.74. The summed E-state index contributed by atoms with van der Waals surface area (Å²) >= 11 is 0. The van der Waals surface area contributed by atoms with Crippen molar-refractivity contribution in [3.63, 3.8) is 0 Å². The normalized spacial score (nSPS) is 11.9. The predicted molar refractivity (Wildman–Crippen MR) is 120 cm³/mol. The lowest BCUT2D eigenvalue weighted by atomic mass is 9.96. The van der Waals surface area contributed by atoms with Crippen molar-refractivity contribution in [3.8, 4) is 11.8 Å². The first-order chi connectivity index (χ1) is 15.0. The van der Waals surface area contributed by atoms with E-state index >= 15 is 0 Å². The molecule has 0 spiro atoms. The lowest BCUT2D eigenvalue weighted by Gasteiger charge is -2.24. The second-order valence-corrected chi connectivity index (χ2v) is 8.39. The number of hydrogen-bond acceptors (Lipinski definition) is 7. The first-order valence-corrected chi connectivity index (χ1v) is 10.4. The Labute approximate surface area is 189 Å². The number of ether oxygens (including phenoxy) is 3. The highest BCUT2D eigenvalue weighted by molar-refractivity contribution is 5.76. The number of carbonyl (C=O) groups is 2. The molecular weight excluding hydrogens is 408 g/mol. The number of carbonyl (C=O) groups excluding carboxylic acids is 2. The van der Waals surface area contributed by atoms with Crippen LogP contribution in [0.5, 0.6) is 5.75 Å². The van der Waals surface area contributed by atoms with E-state index in [2.05, 4.69) is 10.8 Å². The van der Waals surface area contributed by atoms with Gasteiger partial charge in [0.25, 0.3) is 0 Å². The molecule has 0 fully saturated rings. The van der Waals surface area contributed by atoms with Crippen LogP contribution in [0.1, 0.15) is 48.1 Å². The molecule has 0 heterocycles. The van der Waals surface area contributed by atoms with E-state index in [0.717, 1.165) is 22.3 Å². The van der Waals surface area contributed by atoms with Gasteiger partial charge in [-0.15, -0.1) is 0 Å². The van der Waals surface area contributed by atoms with E-state index in [9.17, 15) is 9.59 Å². The van der Waals surface area contributed by atoms with Crippen molar-refractivity contribution in [1.29, 1.82) is 5.26 Å². The van der Waals surface area contributed by atoms with Gasteiger partial charge in [-0.05, 0) is 93.5 Å². The number of benzene rings is 2. The fourth-order valence-electron chi connectivity index (χ4n) is 3.37. The van der Waals surface area contributed by atoms with Crippen LogP contribution in [0.15, 0.2) is 36.4 Å². The molecule has 7 heteroatoms. The summed E-state index contributed by atoms with van der Waals surface area (Å²) in [4.78, 5) is 24.0. The van der Waals surface area contributed by atoms with Crippen molar-refractivity contribution in [1.82, 2.24) is 0 Å². The van der Waals surface area contributed by atoms with Gasteiger partial charge in [-0.1, -0.05) is 12.1 Å². The van der Waals surface area contributed by atoms with Crippen molar-refractivity contribution in [2.75, 3.05) is 7.11 Å². The molecule has 0 aliphatic heterocycles. The summed E-state index contributed by atoms with van der Waals surface area (Å²) in [7, 11) is 1.30. The summed E-state index contributed by atoms with van der Waals surface area (Å²) in [6.45, 7) is 7.38. The van der Waals surface area contributed by atoms with Crippen LogP contribution in [0.3, 0.4) is 0 Å². The first kappa shape index (κ1) is 24.9. The van der Waals surface area contributed by atoms with Gasteiger partial charge in [0, 0.05) is 0 Å². The van der Waals surface area contributed by atoms with E-state index in [-0.39, 0.29) is 0 Å². The van der Waals surface area contributed by atoms with Gasteiger partial charge >= 0.3 is 12.1 Å². The Bertz CT molecular complexity index is 983. The Hall–Kier alpha value is -3.37. The number of methoxy groups -OCH3 is 1. The molecule has 0 amide bonds. The smallest absolute Gasteiger partial charge is 0.468 e. The maximum absolute atomic E-state index is 12.4. The molecule has 0 aliphatic carbocycles. The highest BCUT2D eigenvalue weighted by atomic mass is 16.7. The number of esters is 1. The molecule has 0 bridgehead atoms. The van der Waals surface area contributed by atoms with Crippen molar-refractivity contribution in [2.24, 2.45) is 5.73 Å². The molecule has 1 atom stereocenters. The molecule has 1 unspecified atom stereocenters. The summed E-state index contributed by atoms with van der Waals surface area (Å²) in [5, 5.41) is 8.88. The van der Waals surface area contributed by atoms with Crippen LogP contribution in [0.4, 0.5) is 4.79 Å². The van der Waals surface area contributed by atoms with Crippen LogP contribution in [-0.4, -0.2) is 30.9 Å². The molecule has 0 saturated heterocycles. The van der Waals surface area contributed by atoms with Gasteiger partial charge in [-0.25, -0.2) is 4.79 Å². The number of rotatable bonds is 8. The van der Waals surface area contributed by atoms with Crippen LogP contribution < -0.4 is 10.5 Å². The van der Waals surface area contributed by atoms with Crippen molar-refractivity contribution >= 4 is 12.1 Å². The van der Waals surface area contributed by atoms with Crippen LogP contribution in [0.2, 0.25) is 0 Å². The van der Waals surface area contributed by atoms with Crippen molar-refractivity contribution < 1.29 is 23.8 Å². The summed E-state index contributed by atoms with van der Waals surface area (Å²) < 4.78 is 15.6. The molecule has 2 N–H and O–H groups in total. The Balaban J connectivity index is 1.97. The highest BCUT2D eigenvalue weighted by Crippen LogP contribution is 2.25. The largest absolute Gasteiger partial charge is 0.514 e. The molecule has 2 aromatic rings. The standard InChI is InChI=1S/C25H30N2O5/c1-16-12-20(13-17(2)21(16)14-22(27)23(28)30-5)31-24(29)32-25(3,4)11-10-18-6-8-19(15-26)9-7-18/h6-9,12-13,22H,10-11,14,27H2,1-5H3. The Kier molecular flexibility index (Phi) is 8.39. The molecule has 32 heavy (non-hydrogen) atoms. The minimum atomic E-state index is -0.785. The average molecular weight is 439 g/mol. The molecule has 2 aromatic carbocycles. The van der Waals surface area contributed by atoms with E-state index in [1.165, 1.54) is 7.11 Å². The van der Waals surface area contributed by atoms with E-state index in [4.69, 9.17) is 20.5 Å². The van der Waals surface area contributed by atoms with Crippen molar-refractivity contribution in [3.05, 3.63) is 64.2 Å². The number of aryl methyl sites for hydroxylation is 3. The third-order valence-electron chi connectivity index (χ3n) is 5.26. The van der Waals surface area contributed by atoms with E-state index in [1.807, 2.05) is 39.8 Å². The minimum Gasteiger partial charge on any atom is -0.468 e. The summed E-state index contributed by atoms with van der Waals surface area (Å²) in [6, 6.07) is 12.1. The third kappa shape index (κ3) is 7.10. The van der Waals surface area contributed by atoms with Crippen LogP contribution >= 0.6 is 0 Å². The third-order valence-corrected chi connectivity index (χ3v) is 5.26. The molecule has 7 nitrogen and oxygen atoms in total. The second-order valence-electron chi connectivity index (χ2n) is 8.39. The van der Waals surface area contributed by atoms with Gasteiger partial charge in [0.1, 0.15) is 17.4 Å². The van der Waals surface area contributed by atoms with Crippen LogP contribution in [-0.2, 0) is 27.1 Å². The summed E-state index contributed by atoms with van der Waals surface area (Å²) in [6.07, 6.45) is 0.834. The summed E-state index contributed by atoms with van der Waals surface area (Å²) in [5.41, 5.74) is 9.42. The van der Waals surface area contributed by atoms with E-state index in [1.54, 1.807) is 24.3 Å². The predicted octanol–water partition coefficient (Wildman–Crippen LogP) is 4.14. The number of nitriles is 1. The minimum absolute atomic E-state index is 0.331. The fourth-order valence-corrected chi connectivity index (χ4v) is 3.37.